The molecule has 0 aliphatic rings. The van der Waals surface area contributed by atoms with Crippen LogP contribution in [0.5, 0.6) is 5.75 Å². The molecule has 1 N–H and O–H groups in total. The Morgan fingerprint density at radius 1 is 1.00 bits per heavy atom. The molecule has 1 amide bonds. The van der Waals surface area contributed by atoms with Crippen molar-refractivity contribution in [1.29, 1.82) is 0 Å². The number of hydrogen-bond donors (Lipinski definition) is 1. The van der Waals surface area contributed by atoms with Gasteiger partial charge in [-0.25, -0.2) is 4.79 Å². The van der Waals surface area contributed by atoms with Crippen LogP contribution < -0.4 is 15.7 Å². The number of amides is 1. The summed E-state index contributed by atoms with van der Waals surface area (Å²) in [7, 11) is 0. The zero-order valence-electron chi connectivity index (χ0n) is 18.3. The zero-order chi connectivity index (χ0) is 22.7. The third-order valence-electron chi connectivity index (χ3n) is 5.39. The van der Waals surface area contributed by atoms with Crippen LogP contribution in [0, 0.1) is 6.92 Å². The molecule has 162 valence electrons. The summed E-state index contributed by atoms with van der Waals surface area (Å²) in [6.45, 7) is 6.41. The Morgan fingerprint density at radius 2 is 1.72 bits per heavy atom. The molecule has 5 nitrogen and oxygen atoms in total. The fourth-order valence-corrected chi connectivity index (χ4v) is 3.79. The molecule has 0 unspecified atom stereocenters. The maximum Gasteiger partial charge on any atom is 0.336 e. The van der Waals surface area contributed by atoms with E-state index in [9.17, 15) is 9.59 Å². The molecule has 0 saturated heterocycles. The lowest BCUT2D eigenvalue weighted by Gasteiger charge is -2.15. The molecule has 0 aliphatic carbocycles. The molecule has 0 fully saturated rings. The smallest absolute Gasteiger partial charge is 0.336 e. The predicted molar refractivity (Wildman–Crippen MR) is 126 cm³/mol. The largest absolute Gasteiger partial charge is 0.488 e. The van der Waals surface area contributed by atoms with Crippen LogP contribution in [0.1, 0.15) is 46.8 Å². The van der Waals surface area contributed by atoms with Crippen LogP contribution in [0.3, 0.4) is 0 Å². The summed E-state index contributed by atoms with van der Waals surface area (Å²) in [5, 5.41) is 3.72. The molecule has 0 atom stereocenters. The third-order valence-corrected chi connectivity index (χ3v) is 5.39. The van der Waals surface area contributed by atoms with E-state index in [1.807, 2.05) is 49.4 Å². The van der Waals surface area contributed by atoms with E-state index in [-0.39, 0.29) is 12.5 Å². The first-order chi connectivity index (χ1) is 15.4. The summed E-state index contributed by atoms with van der Waals surface area (Å²) in [6, 6.07) is 21.7. The van der Waals surface area contributed by atoms with Gasteiger partial charge in [0.05, 0.1) is 5.56 Å². The number of anilines is 1. The van der Waals surface area contributed by atoms with Crippen LogP contribution in [0.25, 0.3) is 11.0 Å². The second-order valence-corrected chi connectivity index (χ2v) is 8.06. The predicted octanol–water partition coefficient (Wildman–Crippen LogP) is 6.06. The lowest BCUT2D eigenvalue weighted by atomic mass is 9.95. The van der Waals surface area contributed by atoms with E-state index in [1.165, 1.54) is 11.6 Å². The molecule has 1 heterocycles. The molecule has 4 aromatic rings. The fraction of sp³-hybridized carbons (Fsp3) is 0.185. The van der Waals surface area contributed by atoms with E-state index < -0.39 is 5.63 Å². The monoisotopic (exact) mass is 427 g/mol. The Hall–Kier alpha value is -3.86. The van der Waals surface area contributed by atoms with Gasteiger partial charge in [-0.15, -0.1) is 0 Å². The van der Waals surface area contributed by atoms with Crippen molar-refractivity contribution in [1.82, 2.24) is 0 Å². The van der Waals surface area contributed by atoms with Crippen molar-refractivity contribution in [2.75, 3.05) is 5.32 Å². The molecule has 1 aromatic heterocycles. The third kappa shape index (κ3) is 4.57. The number of fused-ring (bicyclic) bond motifs is 1. The second-order valence-electron chi connectivity index (χ2n) is 8.06. The van der Waals surface area contributed by atoms with Gasteiger partial charge in [-0.3, -0.25) is 4.79 Å². The van der Waals surface area contributed by atoms with E-state index in [0.29, 0.717) is 28.5 Å². The molecule has 0 spiro atoms. The maximum atomic E-state index is 12.8. The number of hydrogen-bond acceptors (Lipinski definition) is 4. The van der Waals surface area contributed by atoms with Crippen molar-refractivity contribution >= 4 is 22.6 Å². The Labute approximate surface area is 186 Å². The highest BCUT2D eigenvalue weighted by atomic mass is 16.5. The number of nitrogens with one attached hydrogen (secondary N) is 1. The second kappa shape index (κ2) is 9.10. The lowest BCUT2D eigenvalue weighted by Crippen LogP contribution is -2.14. The highest BCUT2D eigenvalue weighted by Crippen LogP contribution is 2.28. The van der Waals surface area contributed by atoms with Crippen molar-refractivity contribution in [3.05, 3.63) is 105 Å². The van der Waals surface area contributed by atoms with Crippen LogP contribution >= 0.6 is 0 Å². The van der Waals surface area contributed by atoms with Gasteiger partial charge < -0.3 is 14.5 Å². The normalized spacial score (nSPS) is 11.0. The minimum absolute atomic E-state index is 0.137. The lowest BCUT2D eigenvalue weighted by molar-refractivity contribution is 0.102. The molecule has 0 bridgehead atoms. The highest BCUT2D eigenvalue weighted by molar-refractivity contribution is 6.06. The van der Waals surface area contributed by atoms with Gasteiger partial charge in [-0.2, -0.15) is 0 Å². The Morgan fingerprint density at radius 3 is 2.47 bits per heavy atom. The van der Waals surface area contributed by atoms with E-state index >= 15 is 0 Å². The number of carbonyl (C=O) groups is 1. The summed E-state index contributed by atoms with van der Waals surface area (Å²) in [5.41, 5.74) is 4.22. The molecular weight excluding hydrogens is 402 g/mol. The van der Waals surface area contributed by atoms with E-state index in [2.05, 4.69) is 25.2 Å². The van der Waals surface area contributed by atoms with Crippen LogP contribution in [0.4, 0.5) is 5.69 Å². The number of ether oxygens (including phenoxy) is 1. The van der Waals surface area contributed by atoms with Crippen molar-refractivity contribution < 1.29 is 13.9 Å². The number of rotatable bonds is 6. The SMILES string of the molecule is Cc1cc2oc(=O)cc(COc3ccccc3C(=O)Nc3ccccc3)c2cc1C(C)C. The minimum Gasteiger partial charge on any atom is -0.488 e. The van der Waals surface area contributed by atoms with Gasteiger partial charge in [0.25, 0.3) is 5.91 Å². The summed E-state index contributed by atoms with van der Waals surface area (Å²) in [6.07, 6.45) is 0. The number of benzene rings is 3. The first kappa shape index (κ1) is 21.4. The standard InChI is InChI=1S/C27H25NO4/c1-17(2)22-15-23-19(14-26(29)32-25(23)13-18(22)3)16-31-24-12-8-7-11-21(24)27(30)28-20-9-5-4-6-10-20/h4-15,17H,16H2,1-3H3,(H,28,30). The van der Waals surface area contributed by atoms with Gasteiger partial charge in [0, 0.05) is 22.7 Å². The van der Waals surface area contributed by atoms with Gasteiger partial charge >= 0.3 is 5.63 Å². The average Bonchev–Trinajstić information content (AvgIpc) is 2.77. The van der Waals surface area contributed by atoms with Gasteiger partial charge in [0.2, 0.25) is 0 Å². The quantitative estimate of drug-likeness (QED) is 0.380. The summed E-state index contributed by atoms with van der Waals surface area (Å²) < 4.78 is 11.5. The van der Waals surface area contributed by atoms with Gasteiger partial charge in [0.1, 0.15) is 17.9 Å². The average molecular weight is 428 g/mol. The fourth-order valence-electron chi connectivity index (χ4n) is 3.79. The van der Waals surface area contributed by atoms with Gasteiger partial charge in [0.15, 0.2) is 0 Å². The van der Waals surface area contributed by atoms with Gasteiger partial charge in [-0.1, -0.05) is 44.2 Å². The van der Waals surface area contributed by atoms with Gasteiger partial charge in [-0.05, 0) is 60.4 Å². The molecule has 0 saturated carbocycles. The Kier molecular flexibility index (Phi) is 6.08. The first-order valence-electron chi connectivity index (χ1n) is 10.6. The molecule has 0 radical (unpaired) electrons. The van der Waals surface area contributed by atoms with Crippen molar-refractivity contribution in [2.45, 2.75) is 33.3 Å². The van der Waals surface area contributed by atoms with Crippen molar-refractivity contribution in [3.63, 3.8) is 0 Å². The highest BCUT2D eigenvalue weighted by Gasteiger charge is 2.15. The summed E-state index contributed by atoms with van der Waals surface area (Å²) >= 11 is 0. The summed E-state index contributed by atoms with van der Waals surface area (Å²) in [4.78, 5) is 25.0. The summed E-state index contributed by atoms with van der Waals surface area (Å²) in [5.74, 6) is 0.517. The number of aryl methyl sites for hydroxylation is 1. The van der Waals surface area contributed by atoms with Crippen molar-refractivity contribution in [3.8, 4) is 5.75 Å². The van der Waals surface area contributed by atoms with Crippen molar-refractivity contribution in [2.24, 2.45) is 0 Å². The molecule has 4 rings (SSSR count). The van der Waals surface area contributed by atoms with Crippen LogP contribution in [0.15, 0.2) is 82.0 Å². The molecule has 0 aliphatic heterocycles. The molecule has 32 heavy (non-hydrogen) atoms. The maximum absolute atomic E-state index is 12.8. The van der Waals surface area contributed by atoms with Crippen LogP contribution in [0.2, 0.25) is 0 Å². The van der Waals surface area contributed by atoms with E-state index in [4.69, 9.17) is 9.15 Å². The number of para-hydroxylation sites is 2. The zero-order valence-corrected chi connectivity index (χ0v) is 18.3. The molecular formula is C27H25NO4. The number of carbonyl (C=O) groups excluding carboxylic acids is 1. The molecule has 3 aromatic carbocycles. The van der Waals surface area contributed by atoms with Crippen LogP contribution in [-0.2, 0) is 6.61 Å². The topological polar surface area (TPSA) is 68.5 Å². The van der Waals surface area contributed by atoms with E-state index in [0.717, 1.165) is 16.5 Å². The molecule has 5 heteroatoms. The van der Waals surface area contributed by atoms with Crippen LogP contribution in [-0.4, -0.2) is 5.91 Å². The van der Waals surface area contributed by atoms with E-state index in [1.54, 1.807) is 18.2 Å². The Bertz CT molecular complexity index is 1320. The minimum atomic E-state index is -0.428. The first-order valence-corrected chi connectivity index (χ1v) is 10.6. The Balaban J connectivity index is 1.64.